The Morgan fingerprint density at radius 3 is 2.62 bits per heavy atom. The van der Waals surface area contributed by atoms with Gasteiger partial charge in [-0.05, 0) is 48.4 Å². The number of nitrogens with zero attached hydrogens (tertiary/aromatic N) is 3. The van der Waals surface area contributed by atoms with E-state index in [9.17, 15) is 15.1 Å². The monoisotopic (exact) mass is 324 g/mol. The highest BCUT2D eigenvalue weighted by Crippen LogP contribution is 2.13. The first-order chi connectivity index (χ1) is 11.6. The highest BCUT2D eigenvalue weighted by molar-refractivity contribution is 6.00. The average molecular weight is 324 g/mol. The third kappa shape index (κ3) is 2.91. The number of benzene rings is 2. The maximum atomic E-state index is 12.1. The van der Waals surface area contributed by atoms with Crippen molar-refractivity contribution < 1.29 is 10.3 Å². The topological polar surface area (TPSA) is 99.7 Å². The molecule has 1 heterocycles. The van der Waals surface area contributed by atoms with Gasteiger partial charge in [0.15, 0.2) is 0 Å². The fraction of sp³-hybridized carbons (Fsp3) is 0.118. The van der Waals surface area contributed by atoms with E-state index in [2.05, 4.69) is 15.5 Å². The summed E-state index contributed by atoms with van der Waals surface area (Å²) in [7, 11) is 0. The molecule has 3 rings (SSSR count). The van der Waals surface area contributed by atoms with Crippen LogP contribution < -0.4 is 11.0 Å². The first kappa shape index (κ1) is 15.5. The van der Waals surface area contributed by atoms with Crippen LogP contribution in [0.3, 0.4) is 0 Å². The Labute approximate surface area is 137 Å². The van der Waals surface area contributed by atoms with Crippen LogP contribution in [-0.2, 0) is 0 Å². The molecule has 2 aromatic carbocycles. The average Bonchev–Trinajstić information content (AvgIpc) is 2.61. The Morgan fingerprint density at radius 2 is 1.92 bits per heavy atom. The Morgan fingerprint density at radius 1 is 1.21 bits per heavy atom. The van der Waals surface area contributed by atoms with Crippen molar-refractivity contribution in [1.29, 1.82) is 0 Å². The standard InChI is InChI=1S/C17H16N4O3/c1-2-14(11-7-9-12(22)10-8-11)19-20-17-18-15-6-4-3-5-13(15)16(23)21(17)24/h3-10,22,24H,2H2,1H3,(H,18,20). The molecule has 0 aliphatic carbocycles. The number of aromatic hydroxyl groups is 1. The lowest BCUT2D eigenvalue weighted by molar-refractivity contribution is 0.179. The fourth-order valence-electron chi connectivity index (χ4n) is 2.32. The number of nitrogens with one attached hydrogen (secondary N) is 1. The molecule has 3 aromatic rings. The van der Waals surface area contributed by atoms with Gasteiger partial charge in [-0.25, -0.2) is 10.4 Å². The van der Waals surface area contributed by atoms with E-state index in [0.717, 1.165) is 5.56 Å². The minimum atomic E-state index is -0.569. The smallest absolute Gasteiger partial charge is 0.295 e. The van der Waals surface area contributed by atoms with E-state index in [1.807, 2.05) is 6.92 Å². The van der Waals surface area contributed by atoms with E-state index in [4.69, 9.17) is 0 Å². The summed E-state index contributed by atoms with van der Waals surface area (Å²) in [6.45, 7) is 1.92. The van der Waals surface area contributed by atoms with E-state index < -0.39 is 5.56 Å². The normalized spacial score (nSPS) is 11.6. The van der Waals surface area contributed by atoms with Crippen molar-refractivity contribution in [2.45, 2.75) is 13.3 Å². The van der Waals surface area contributed by atoms with E-state index in [-0.39, 0.29) is 11.7 Å². The quantitative estimate of drug-likeness (QED) is 0.389. The largest absolute Gasteiger partial charge is 0.508 e. The summed E-state index contributed by atoms with van der Waals surface area (Å²) in [5, 5.41) is 23.9. The van der Waals surface area contributed by atoms with E-state index >= 15 is 0 Å². The van der Waals surface area contributed by atoms with Crippen LogP contribution in [0.2, 0.25) is 0 Å². The molecule has 0 unspecified atom stereocenters. The SMILES string of the molecule is CCC(=NNc1nc2ccccc2c(=O)n1O)c1ccc(O)cc1. The Kier molecular flexibility index (Phi) is 4.15. The zero-order chi connectivity index (χ0) is 17.1. The van der Waals surface area contributed by atoms with Gasteiger partial charge in [0.1, 0.15) is 5.75 Å². The van der Waals surface area contributed by atoms with Crippen LogP contribution in [0.25, 0.3) is 10.9 Å². The minimum absolute atomic E-state index is 0.0663. The zero-order valence-corrected chi connectivity index (χ0v) is 13.0. The van der Waals surface area contributed by atoms with Crippen molar-refractivity contribution in [2.24, 2.45) is 5.10 Å². The van der Waals surface area contributed by atoms with Crippen molar-refractivity contribution in [3.63, 3.8) is 0 Å². The summed E-state index contributed by atoms with van der Waals surface area (Å²) in [4.78, 5) is 16.3. The van der Waals surface area contributed by atoms with Crippen LogP contribution in [-0.4, -0.2) is 25.7 Å². The number of para-hydroxylation sites is 1. The van der Waals surface area contributed by atoms with E-state index in [1.165, 1.54) is 0 Å². The maximum absolute atomic E-state index is 12.1. The van der Waals surface area contributed by atoms with Crippen molar-refractivity contribution >= 4 is 22.6 Å². The van der Waals surface area contributed by atoms with Crippen LogP contribution in [0.5, 0.6) is 5.75 Å². The van der Waals surface area contributed by atoms with Gasteiger partial charge in [-0.3, -0.25) is 4.79 Å². The molecule has 0 amide bonds. The van der Waals surface area contributed by atoms with Gasteiger partial charge >= 0.3 is 0 Å². The maximum Gasteiger partial charge on any atom is 0.295 e. The number of hydrazone groups is 1. The minimum Gasteiger partial charge on any atom is -0.508 e. The molecule has 1 aromatic heterocycles. The van der Waals surface area contributed by atoms with Crippen molar-refractivity contribution in [1.82, 2.24) is 9.71 Å². The molecule has 0 aliphatic heterocycles. The molecule has 0 aliphatic rings. The Hall–Kier alpha value is -3.35. The lowest BCUT2D eigenvalue weighted by Crippen LogP contribution is -2.22. The Balaban J connectivity index is 1.98. The summed E-state index contributed by atoms with van der Waals surface area (Å²) < 4.78 is 0.440. The molecule has 0 bridgehead atoms. The van der Waals surface area contributed by atoms with Gasteiger partial charge in [0.2, 0.25) is 0 Å². The Bertz CT molecular complexity index is 962. The van der Waals surface area contributed by atoms with Gasteiger partial charge in [-0.15, -0.1) is 4.73 Å². The molecular weight excluding hydrogens is 308 g/mol. The van der Waals surface area contributed by atoms with Crippen LogP contribution in [0.1, 0.15) is 18.9 Å². The summed E-state index contributed by atoms with van der Waals surface area (Å²) in [5.41, 5.74) is 4.04. The number of fused-ring (bicyclic) bond motifs is 1. The van der Waals surface area contributed by atoms with Crippen LogP contribution in [0.4, 0.5) is 5.95 Å². The lowest BCUT2D eigenvalue weighted by atomic mass is 10.1. The molecule has 0 fully saturated rings. The number of rotatable bonds is 4. The molecule has 0 atom stereocenters. The van der Waals surface area contributed by atoms with Crippen LogP contribution >= 0.6 is 0 Å². The number of hydrogen-bond donors (Lipinski definition) is 3. The second-order valence-corrected chi connectivity index (χ2v) is 5.14. The molecule has 0 saturated heterocycles. The highest BCUT2D eigenvalue weighted by Gasteiger charge is 2.09. The third-order valence-electron chi connectivity index (χ3n) is 3.58. The fourth-order valence-corrected chi connectivity index (χ4v) is 2.32. The molecule has 3 N–H and O–H groups in total. The first-order valence-corrected chi connectivity index (χ1v) is 7.43. The van der Waals surface area contributed by atoms with Gasteiger partial charge in [-0.1, -0.05) is 19.1 Å². The van der Waals surface area contributed by atoms with Gasteiger partial charge in [0.05, 0.1) is 16.6 Å². The van der Waals surface area contributed by atoms with E-state index in [1.54, 1.807) is 48.5 Å². The lowest BCUT2D eigenvalue weighted by Gasteiger charge is -2.08. The van der Waals surface area contributed by atoms with Gasteiger partial charge < -0.3 is 10.3 Å². The summed E-state index contributed by atoms with van der Waals surface area (Å²) in [5.74, 6) is 0.103. The van der Waals surface area contributed by atoms with Gasteiger partial charge in [0.25, 0.3) is 11.5 Å². The first-order valence-electron chi connectivity index (χ1n) is 7.43. The molecular formula is C17H16N4O3. The zero-order valence-electron chi connectivity index (χ0n) is 13.0. The summed E-state index contributed by atoms with van der Waals surface area (Å²) in [6, 6.07) is 13.4. The van der Waals surface area contributed by atoms with Gasteiger partial charge in [0, 0.05) is 0 Å². The second-order valence-electron chi connectivity index (χ2n) is 5.14. The second kappa shape index (κ2) is 6.41. The molecule has 24 heavy (non-hydrogen) atoms. The van der Waals surface area contributed by atoms with Crippen LogP contribution in [0.15, 0.2) is 58.4 Å². The third-order valence-corrected chi connectivity index (χ3v) is 3.58. The predicted molar refractivity (Wildman–Crippen MR) is 91.7 cm³/mol. The number of hydrogen-bond acceptors (Lipinski definition) is 6. The van der Waals surface area contributed by atoms with Crippen molar-refractivity contribution in [3.8, 4) is 5.75 Å². The predicted octanol–water partition coefficient (Wildman–Crippen LogP) is 2.57. The van der Waals surface area contributed by atoms with Crippen LogP contribution in [0, 0.1) is 0 Å². The molecule has 122 valence electrons. The highest BCUT2D eigenvalue weighted by atomic mass is 16.5. The molecule has 7 nitrogen and oxygen atoms in total. The number of phenolic OH excluding ortho intramolecular Hbond substituents is 1. The van der Waals surface area contributed by atoms with Crippen molar-refractivity contribution in [2.75, 3.05) is 5.43 Å². The van der Waals surface area contributed by atoms with Gasteiger partial charge in [-0.2, -0.15) is 5.10 Å². The molecule has 0 spiro atoms. The number of anilines is 1. The molecule has 0 saturated carbocycles. The summed E-state index contributed by atoms with van der Waals surface area (Å²) >= 11 is 0. The van der Waals surface area contributed by atoms with Crippen molar-refractivity contribution in [3.05, 3.63) is 64.4 Å². The number of aromatic nitrogens is 2. The molecule has 0 radical (unpaired) electrons. The number of phenols is 1. The van der Waals surface area contributed by atoms with E-state index in [0.29, 0.717) is 27.8 Å². The molecule has 7 heteroatoms. The summed E-state index contributed by atoms with van der Waals surface area (Å²) in [6.07, 6.45) is 0.612.